The summed E-state index contributed by atoms with van der Waals surface area (Å²) in [7, 11) is 0. The number of nitrogens with two attached hydrogens (primary N) is 1. The first-order valence-electron chi connectivity index (χ1n) is 4.97. The van der Waals surface area contributed by atoms with E-state index in [-0.39, 0.29) is 11.3 Å². The molecule has 0 aromatic heterocycles. The van der Waals surface area contributed by atoms with Crippen molar-refractivity contribution in [2.45, 2.75) is 45.6 Å². The van der Waals surface area contributed by atoms with Crippen LogP contribution in [0, 0.1) is 0 Å². The fraction of sp³-hybridized carbons (Fsp3) is 0.900. The van der Waals surface area contributed by atoms with E-state index in [2.05, 4.69) is 5.32 Å². The largest absolute Gasteiger partial charge is 0.330 e. The van der Waals surface area contributed by atoms with Crippen molar-refractivity contribution in [3.63, 3.8) is 0 Å². The van der Waals surface area contributed by atoms with Gasteiger partial charge in [-0.3, -0.25) is 4.79 Å². The number of nitrogens with one attached hydrogen (secondary N) is 1. The highest BCUT2D eigenvalue weighted by Gasteiger charge is 2.21. The van der Waals surface area contributed by atoms with E-state index in [0.717, 1.165) is 32.4 Å². The smallest absolute Gasteiger partial charge is 0.149 e. The SMILES string of the molecule is CC(=O)C(C)(C)NCCCCCN. The molecule has 13 heavy (non-hydrogen) atoms. The first kappa shape index (κ1) is 12.6. The van der Waals surface area contributed by atoms with E-state index in [1.165, 1.54) is 0 Å². The topological polar surface area (TPSA) is 55.1 Å². The Kier molecular flexibility index (Phi) is 5.91. The first-order valence-corrected chi connectivity index (χ1v) is 4.97. The number of Topliss-reactive ketones (excluding diaryl/α,β-unsaturated/α-hetero) is 1. The number of hydrogen-bond donors (Lipinski definition) is 2. The maximum atomic E-state index is 11.1. The summed E-state index contributed by atoms with van der Waals surface area (Å²) in [5.74, 6) is 0.186. The van der Waals surface area contributed by atoms with Crippen LogP contribution in [-0.2, 0) is 4.79 Å². The van der Waals surface area contributed by atoms with Crippen molar-refractivity contribution in [3.05, 3.63) is 0 Å². The standard InChI is InChI=1S/C10H22N2O/c1-9(13)10(2,3)12-8-6-4-5-7-11/h12H,4-8,11H2,1-3H3. The Balaban J connectivity index is 3.46. The molecule has 0 spiro atoms. The maximum absolute atomic E-state index is 11.1. The molecule has 0 aliphatic rings. The third-order valence-electron chi connectivity index (χ3n) is 2.33. The summed E-state index contributed by atoms with van der Waals surface area (Å²) >= 11 is 0. The van der Waals surface area contributed by atoms with Crippen LogP contribution in [0.4, 0.5) is 0 Å². The zero-order valence-corrected chi connectivity index (χ0v) is 9.02. The highest BCUT2D eigenvalue weighted by Crippen LogP contribution is 2.03. The van der Waals surface area contributed by atoms with E-state index >= 15 is 0 Å². The van der Waals surface area contributed by atoms with Crippen molar-refractivity contribution in [3.8, 4) is 0 Å². The zero-order valence-electron chi connectivity index (χ0n) is 9.02. The number of carbonyl (C=O) groups excluding carboxylic acids is 1. The third kappa shape index (κ3) is 5.77. The average molecular weight is 186 g/mol. The zero-order chi connectivity index (χ0) is 10.3. The molecule has 0 amide bonds. The van der Waals surface area contributed by atoms with E-state index in [4.69, 9.17) is 5.73 Å². The summed E-state index contributed by atoms with van der Waals surface area (Å²) in [5, 5.41) is 3.23. The van der Waals surface area contributed by atoms with Gasteiger partial charge < -0.3 is 11.1 Å². The first-order chi connectivity index (χ1) is 6.00. The van der Waals surface area contributed by atoms with Gasteiger partial charge in [-0.2, -0.15) is 0 Å². The summed E-state index contributed by atoms with van der Waals surface area (Å²) in [5.41, 5.74) is 5.00. The molecule has 0 aliphatic heterocycles. The third-order valence-corrected chi connectivity index (χ3v) is 2.33. The van der Waals surface area contributed by atoms with Crippen molar-refractivity contribution in [1.29, 1.82) is 0 Å². The quantitative estimate of drug-likeness (QED) is 0.585. The van der Waals surface area contributed by atoms with Gasteiger partial charge in [-0.25, -0.2) is 0 Å². The highest BCUT2D eigenvalue weighted by molar-refractivity contribution is 5.85. The maximum Gasteiger partial charge on any atom is 0.149 e. The molecule has 0 heterocycles. The summed E-state index contributed by atoms with van der Waals surface area (Å²) < 4.78 is 0. The Morgan fingerprint density at radius 1 is 1.31 bits per heavy atom. The molecule has 3 N–H and O–H groups in total. The van der Waals surface area contributed by atoms with Gasteiger partial charge in [0.2, 0.25) is 0 Å². The molecule has 0 saturated carbocycles. The molecule has 0 aliphatic carbocycles. The number of ketones is 1. The molecule has 0 unspecified atom stereocenters. The van der Waals surface area contributed by atoms with Crippen molar-refractivity contribution in [2.24, 2.45) is 5.73 Å². The summed E-state index contributed by atoms with van der Waals surface area (Å²) in [6.07, 6.45) is 3.30. The van der Waals surface area contributed by atoms with Crippen LogP contribution in [0.25, 0.3) is 0 Å². The minimum atomic E-state index is -0.372. The Hall–Kier alpha value is -0.410. The Morgan fingerprint density at radius 2 is 1.92 bits per heavy atom. The number of carbonyl (C=O) groups is 1. The lowest BCUT2D eigenvalue weighted by molar-refractivity contribution is -0.122. The van der Waals surface area contributed by atoms with Crippen LogP contribution in [0.15, 0.2) is 0 Å². The van der Waals surface area contributed by atoms with Crippen LogP contribution in [0.5, 0.6) is 0 Å². The molecule has 3 nitrogen and oxygen atoms in total. The second kappa shape index (κ2) is 6.11. The molecule has 0 radical (unpaired) electrons. The van der Waals surface area contributed by atoms with Crippen molar-refractivity contribution >= 4 is 5.78 Å². The fourth-order valence-electron chi connectivity index (χ4n) is 0.971. The minimum Gasteiger partial charge on any atom is -0.330 e. The van der Waals surface area contributed by atoms with Crippen LogP contribution in [0.3, 0.4) is 0 Å². The van der Waals surface area contributed by atoms with E-state index < -0.39 is 0 Å². The lowest BCUT2D eigenvalue weighted by atomic mass is 10.0. The van der Waals surface area contributed by atoms with E-state index in [9.17, 15) is 4.79 Å². The molecular formula is C10H22N2O. The van der Waals surface area contributed by atoms with Gasteiger partial charge in [0.25, 0.3) is 0 Å². The predicted octanol–water partition coefficient (Wildman–Crippen LogP) is 1.07. The van der Waals surface area contributed by atoms with Crippen molar-refractivity contribution in [2.75, 3.05) is 13.1 Å². The predicted molar refractivity (Wildman–Crippen MR) is 55.7 cm³/mol. The van der Waals surface area contributed by atoms with Gasteiger partial charge in [-0.05, 0) is 46.7 Å². The van der Waals surface area contributed by atoms with Crippen LogP contribution >= 0.6 is 0 Å². The Bertz CT molecular complexity index is 155. The lowest BCUT2D eigenvalue weighted by Crippen LogP contribution is -2.45. The van der Waals surface area contributed by atoms with Crippen LogP contribution in [0.2, 0.25) is 0 Å². The van der Waals surface area contributed by atoms with Gasteiger partial charge in [0, 0.05) is 0 Å². The number of rotatable bonds is 7. The molecule has 0 fully saturated rings. The van der Waals surface area contributed by atoms with Gasteiger partial charge in [-0.15, -0.1) is 0 Å². The second-order valence-electron chi connectivity index (χ2n) is 3.96. The molecule has 0 bridgehead atoms. The molecule has 0 aromatic carbocycles. The van der Waals surface area contributed by atoms with E-state index in [1.807, 2.05) is 13.8 Å². The number of unbranched alkanes of at least 4 members (excludes halogenated alkanes) is 2. The average Bonchev–Trinajstić information content (AvgIpc) is 2.03. The molecule has 78 valence electrons. The Morgan fingerprint density at radius 3 is 2.38 bits per heavy atom. The molecule has 0 saturated heterocycles. The van der Waals surface area contributed by atoms with Crippen LogP contribution in [-0.4, -0.2) is 24.4 Å². The molecule has 3 heteroatoms. The van der Waals surface area contributed by atoms with E-state index in [1.54, 1.807) is 6.92 Å². The highest BCUT2D eigenvalue weighted by atomic mass is 16.1. The van der Waals surface area contributed by atoms with Gasteiger partial charge in [-0.1, -0.05) is 6.42 Å². The molecular weight excluding hydrogens is 164 g/mol. The van der Waals surface area contributed by atoms with Crippen molar-refractivity contribution in [1.82, 2.24) is 5.32 Å². The van der Waals surface area contributed by atoms with Crippen LogP contribution < -0.4 is 11.1 Å². The van der Waals surface area contributed by atoms with E-state index in [0.29, 0.717) is 0 Å². The summed E-state index contributed by atoms with van der Waals surface area (Å²) in [6.45, 7) is 7.10. The summed E-state index contributed by atoms with van der Waals surface area (Å²) in [4.78, 5) is 11.1. The van der Waals surface area contributed by atoms with Gasteiger partial charge in [0.1, 0.15) is 5.78 Å². The van der Waals surface area contributed by atoms with Crippen LogP contribution in [0.1, 0.15) is 40.0 Å². The monoisotopic (exact) mass is 186 g/mol. The second-order valence-corrected chi connectivity index (χ2v) is 3.96. The van der Waals surface area contributed by atoms with Gasteiger partial charge in [0.05, 0.1) is 5.54 Å². The lowest BCUT2D eigenvalue weighted by Gasteiger charge is -2.22. The normalized spacial score (nSPS) is 11.7. The number of hydrogen-bond acceptors (Lipinski definition) is 3. The minimum absolute atomic E-state index is 0.186. The van der Waals surface area contributed by atoms with Crippen molar-refractivity contribution < 1.29 is 4.79 Å². The van der Waals surface area contributed by atoms with Gasteiger partial charge in [0.15, 0.2) is 0 Å². The molecule has 0 rings (SSSR count). The fourth-order valence-corrected chi connectivity index (χ4v) is 0.971. The van der Waals surface area contributed by atoms with Gasteiger partial charge >= 0.3 is 0 Å². The summed E-state index contributed by atoms with van der Waals surface area (Å²) in [6, 6.07) is 0. The molecule has 0 atom stereocenters. The molecule has 0 aromatic rings. The Labute approximate surface area is 81.1 Å².